The molecule has 0 spiro atoms. The average molecular weight is 1240 g/mol. The number of aromatic amines is 1. The highest BCUT2D eigenvalue weighted by Crippen LogP contribution is 2.18. The van der Waals surface area contributed by atoms with Crippen LogP contribution in [0.4, 0.5) is 4.79 Å². The third-order valence-corrected chi connectivity index (χ3v) is 14.3. The van der Waals surface area contributed by atoms with E-state index in [1.807, 2.05) is 30.5 Å². The second-order valence-corrected chi connectivity index (χ2v) is 22.0. The van der Waals surface area contributed by atoms with Crippen molar-refractivity contribution in [3.8, 4) is 0 Å². The lowest BCUT2D eigenvalue weighted by atomic mass is 10.00. The van der Waals surface area contributed by atoms with E-state index < -0.39 is 144 Å². The number of urea groups is 1. The van der Waals surface area contributed by atoms with E-state index in [4.69, 9.17) is 28.7 Å². The fourth-order valence-corrected chi connectivity index (χ4v) is 9.51. The Bertz CT molecular complexity index is 2840. The smallest absolute Gasteiger partial charge is 0.315 e. The van der Waals surface area contributed by atoms with Crippen LogP contribution in [-0.2, 0) is 60.8 Å². The molecular formula is C57H90N18O13. The number of aromatic nitrogens is 1. The van der Waals surface area contributed by atoms with Crippen LogP contribution in [0, 0.1) is 5.92 Å². The Labute approximate surface area is 510 Å². The Morgan fingerprint density at radius 1 is 0.625 bits per heavy atom. The molecule has 31 nitrogen and oxygen atoms in total. The summed E-state index contributed by atoms with van der Waals surface area (Å²) in [6, 6.07) is 1.94. The minimum atomic E-state index is -2.71. The molecule has 2 heterocycles. The molecule has 0 bridgehead atoms. The number of H-pyrrole nitrogens is 1. The van der Waals surface area contributed by atoms with Crippen molar-refractivity contribution in [3.63, 3.8) is 0 Å². The van der Waals surface area contributed by atoms with E-state index in [-0.39, 0.29) is 90.1 Å². The van der Waals surface area contributed by atoms with E-state index in [0.717, 1.165) is 23.4 Å². The predicted molar refractivity (Wildman–Crippen MR) is 324 cm³/mol. The molecule has 486 valence electrons. The van der Waals surface area contributed by atoms with Gasteiger partial charge in [0.25, 0.3) is 5.91 Å². The van der Waals surface area contributed by atoms with Gasteiger partial charge in [-0.2, -0.15) is 0 Å². The summed E-state index contributed by atoms with van der Waals surface area (Å²) in [5.41, 5.74) is 29.0. The van der Waals surface area contributed by atoms with Crippen molar-refractivity contribution < 1.29 is 63.0 Å². The van der Waals surface area contributed by atoms with E-state index in [9.17, 15) is 63.0 Å². The monoisotopic (exact) mass is 1230 g/mol. The van der Waals surface area contributed by atoms with Crippen LogP contribution >= 0.6 is 0 Å². The molecule has 88 heavy (non-hydrogen) atoms. The zero-order chi connectivity index (χ0) is 65.1. The van der Waals surface area contributed by atoms with Gasteiger partial charge in [-0.05, 0) is 121 Å². The van der Waals surface area contributed by atoms with Crippen molar-refractivity contribution in [1.82, 2.24) is 68.8 Å². The SMILES string of the molecule is CC(C)C[C@@H]1NC(=O)[C@@H](Cc2ccccc2)NC(=O)[C@H](CCN)NC(=O)[C@@H](NC(=O)[C@H](CCN)NC(=O)[C@@H](NC(=O)[C@H](CCN)NC(=O)NCCc2c[nH]c3ccccc23)[C@@H](C)O)CCNC(=O)[C@](C)(O)NC(=O)[C@H](CCN)NC(=O)[C@H](CCN)NC1=O. The van der Waals surface area contributed by atoms with E-state index in [1.165, 1.54) is 6.92 Å². The third-order valence-electron chi connectivity index (χ3n) is 14.3. The van der Waals surface area contributed by atoms with Gasteiger partial charge in [-0.3, -0.25) is 47.9 Å². The zero-order valence-electron chi connectivity index (χ0n) is 50.2. The second kappa shape index (κ2) is 36.1. The number of benzene rings is 2. The van der Waals surface area contributed by atoms with Gasteiger partial charge in [0.1, 0.15) is 54.4 Å². The number of aliphatic hydroxyl groups is 2. The molecule has 2 aromatic carbocycles. The molecule has 1 aliphatic heterocycles. The number of carbonyl (C=O) groups excluding carboxylic acids is 11. The lowest BCUT2D eigenvalue weighted by molar-refractivity contribution is -0.148. The second-order valence-electron chi connectivity index (χ2n) is 22.0. The normalized spacial score (nSPS) is 22.6. The van der Waals surface area contributed by atoms with Gasteiger partial charge in [0.05, 0.1) is 6.10 Å². The van der Waals surface area contributed by atoms with Crippen molar-refractivity contribution in [2.24, 2.45) is 34.6 Å². The topological polar surface area (TPSA) is 518 Å². The summed E-state index contributed by atoms with van der Waals surface area (Å²) in [5.74, 6) is -10.2. The van der Waals surface area contributed by atoms with Crippen molar-refractivity contribution in [3.05, 3.63) is 71.9 Å². The maximum atomic E-state index is 14.5. The van der Waals surface area contributed by atoms with E-state index in [0.29, 0.717) is 12.0 Å². The minimum absolute atomic E-state index is 0.0337. The number of amides is 12. The first-order chi connectivity index (χ1) is 41.9. The molecular weight excluding hydrogens is 1140 g/mol. The molecule has 0 saturated carbocycles. The van der Waals surface area contributed by atoms with Crippen LogP contribution in [0.5, 0.6) is 0 Å². The fourth-order valence-electron chi connectivity index (χ4n) is 9.51. The van der Waals surface area contributed by atoms with Gasteiger partial charge in [0, 0.05) is 36.6 Å². The first-order valence-electron chi connectivity index (χ1n) is 29.4. The van der Waals surface area contributed by atoms with Gasteiger partial charge in [-0.25, -0.2) is 4.79 Å². The standard InChI is InChI=1S/C57H90N18O13/c1-31(2)28-43-51(82)67-37(14-21-58)46(77)68-41(18-25-62)53(84)75-57(4,88)55(86)63-27-20-42(49(80)66-38(15-22-59)48(79)72-44(52(83)71-43)29-33-10-6-5-7-11-33)69-47(78)39(16-23-60)70-54(85)45(32(3)76)74-50(81)40(17-24-61)73-56(87)64-26-19-34-30-65-36-13-9-8-12-35(34)36/h5-13,30-32,37-45,65,76,88H,14-29,58-62H2,1-4H3,(H,63,86)(H,66,80)(H,67,82)(H,68,77)(H,69,78)(H,70,85)(H,71,83)(H,72,79)(H,74,81)(H,75,84)(H2,64,73,87)/t32-,37+,38+,39+,40+,41+,42+,43+,44-,45+,57+/m1/s1. The highest BCUT2D eigenvalue weighted by atomic mass is 16.3. The molecule has 0 radical (unpaired) electrons. The number of rotatable bonds is 25. The van der Waals surface area contributed by atoms with Crippen molar-refractivity contribution in [2.75, 3.05) is 45.8 Å². The Morgan fingerprint density at radius 2 is 1.15 bits per heavy atom. The van der Waals surface area contributed by atoms with E-state index >= 15 is 0 Å². The van der Waals surface area contributed by atoms with E-state index in [1.54, 1.807) is 44.2 Å². The number of nitrogens with two attached hydrogens (primary N) is 5. The molecule has 1 saturated heterocycles. The van der Waals surface area contributed by atoms with Crippen molar-refractivity contribution in [2.45, 2.75) is 152 Å². The minimum Gasteiger partial charge on any atom is -0.391 e. The van der Waals surface area contributed by atoms with Crippen LogP contribution < -0.4 is 92.5 Å². The van der Waals surface area contributed by atoms with Crippen LogP contribution in [0.3, 0.4) is 0 Å². The summed E-state index contributed by atoms with van der Waals surface area (Å²) in [6.07, 6.45) is -0.952. The summed E-state index contributed by atoms with van der Waals surface area (Å²) in [5, 5.41) is 53.2. The lowest BCUT2D eigenvalue weighted by Gasteiger charge is -2.29. The maximum absolute atomic E-state index is 14.5. The molecule has 11 atom stereocenters. The molecule has 25 N–H and O–H groups in total. The van der Waals surface area contributed by atoms with Crippen LogP contribution in [0.1, 0.15) is 83.8 Å². The molecule has 1 aromatic heterocycles. The largest absolute Gasteiger partial charge is 0.391 e. The van der Waals surface area contributed by atoms with E-state index in [2.05, 4.69) is 68.8 Å². The number of carbonyl (C=O) groups is 11. The van der Waals surface area contributed by atoms with Crippen molar-refractivity contribution in [1.29, 1.82) is 0 Å². The first-order valence-corrected chi connectivity index (χ1v) is 29.4. The summed E-state index contributed by atoms with van der Waals surface area (Å²) in [4.78, 5) is 157. The highest BCUT2D eigenvalue weighted by Gasteiger charge is 2.39. The Balaban J connectivity index is 1.65. The summed E-state index contributed by atoms with van der Waals surface area (Å²) in [6.45, 7) is 4.46. The van der Waals surface area contributed by atoms with Gasteiger partial charge >= 0.3 is 6.03 Å². The van der Waals surface area contributed by atoms with Crippen LogP contribution in [0.2, 0.25) is 0 Å². The lowest BCUT2D eigenvalue weighted by Crippen LogP contribution is -2.63. The Morgan fingerprint density at radius 3 is 1.73 bits per heavy atom. The molecule has 0 aliphatic carbocycles. The van der Waals surface area contributed by atoms with Crippen LogP contribution in [0.25, 0.3) is 10.9 Å². The number of nitrogens with one attached hydrogen (secondary N) is 13. The number of para-hydroxylation sites is 1. The Kier molecular flexibility index (Phi) is 29.6. The Hall–Kier alpha value is -8.33. The molecule has 4 rings (SSSR count). The zero-order valence-corrected chi connectivity index (χ0v) is 50.2. The predicted octanol–water partition coefficient (Wildman–Crippen LogP) is -5.99. The van der Waals surface area contributed by atoms with Gasteiger partial charge in [0.15, 0.2) is 0 Å². The average Bonchev–Trinajstić information content (AvgIpc) is 3.74. The van der Waals surface area contributed by atoms with Gasteiger partial charge in [-0.1, -0.05) is 62.4 Å². The summed E-state index contributed by atoms with van der Waals surface area (Å²) in [7, 11) is 0. The van der Waals surface area contributed by atoms with Crippen molar-refractivity contribution >= 4 is 76.0 Å². The number of aliphatic hydroxyl groups excluding tert-OH is 1. The molecule has 12 amide bonds. The summed E-state index contributed by atoms with van der Waals surface area (Å²) >= 11 is 0. The highest BCUT2D eigenvalue weighted by molar-refractivity contribution is 5.99. The van der Waals surface area contributed by atoms with Crippen LogP contribution in [0.15, 0.2) is 60.8 Å². The summed E-state index contributed by atoms with van der Waals surface area (Å²) < 4.78 is 0. The quantitative estimate of drug-likeness (QED) is 0.0375. The number of hydrogen-bond donors (Lipinski definition) is 20. The van der Waals surface area contributed by atoms with Crippen LogP contribution in [-0.4, -0.2) is 192 Å². The maximum Gasteiger partial charge on any atom is 0.315 e. The van der Waals surface area contributed by atoms with Gasteiger partial charge in [0.2, 0.25) is 58.9 Å². The van der Waals surface area contributed by atoms with Gasteiger partial charge < -0.3 is 108 Å². The fraction of sp³-hybridized carbons (Fsp3) is 0.561. The number of hydrogen-bond acceptors (Lipinski definition) is 18. The molecule has 1 aliphatic rings. The number of fused-ring (bicyclic) bond motifs is 1. The third kappa shape index (κ3) is 22.7. The molecule has 31 heteroatoms. The van der Waals surface area contributed by atoms with Gasteiger partial charge in [-0.15, -0.1) is 0 Å². The molecule has 1 fully saturated rings. The molecule has 0 unspecified atom stereocenters. The first kappa shape index (κ1) is 72.1. The molecule has 3 aromatic rings.